The van der Waals surface area contributed by atoms with E-state index in [9.17, 15) is 4.79 Å². The normalized spacial score (nSPS) is 9.38. The summed E-state index contributed by atoms with van der Waals surface area (Å²) in [6.07, 6.45) is 1.05. The van der Waals surface area contributed by atoms with Crippen LogP contribution < -0.4 is 0 Å². The Morgan fingerprint density at radius 2 is 2.15 bits per heavy atom. The highest BCUT2D eigenvalue weighted by molar-refractivity contribution is 6.36. The van der Waals surface area contributed by atoms with Crippen LogP contribution in [0.5, 0.6) is 0 Å². The number of ether oxygens (including phenoxy) is 1. The molecule has 2 nitrogen and oxygen atoms in total. The molecule has 0 unspecified atom stereocenters. The lowest BCUT2D eigenvalue weighted by molar-refractivity contribution is 0.0664. The van der Waals surface area contributed by atoms with E-state index in [-0.39, 0.29) is 10.6 Å². The van der Waals surface area contributed by atoms with E-state index in [1.807, 2.05) is 0 Å². The van der Waals surface area contributed by atoms with E-state index < -0.39 is 5.97 Å². The predicted octanol–water partition coefficient (Wildman–Crippen LogP) is 3.29. The maximum Gasteiger partial charge on any atom is 0.344 e. The van der Waals surface area contributed by atoms with Crippen molar-refractivity contribution < 1.29 is 9.53 Å². The van der Waals surface area contributed by atoms with Gasteiger partial charge in [-0.2, -0.15) is 0 Å². The minimum absolute atomic E-state index is 0.263. The third-order valence-electron chi connectivity index (χ3n) is 1.34. The molecule has 0 N–H and O–H groups in total. The zero-order chi connectivity index (χ0) is 9.84. The van der Waals surface area contributed by atoms with Gasteiger partial charge in [0.25, 0.3) is 0 Å². The second-order valence-electron chi connectivity index (χ2n) is 2.20. The lowest BCUT2D eigenvalue weighted by Crippen LogP contribution is -2.00. The molecule has 0 saturated heterocycles. The summed E-state index contributed by atoms with van der Waals surface area (Å²) < 4.78 is 4.55. The van der Waals surface area contributed by atoms with Crippen molar-refractivity contribution in [3.8, 4) is 0 Å². The number of esters is 1. The standard InChI is InChI=1S/C9H6Cl2O2/c1-2-13-9(12)7-4-3-6(10)5-8(7)11/h2-5H,1H2. The van der Waals surface area contributed by atoms with Crippen molar-refractivity contribution in [1.82, 2.24) is 0 Å². The van der Waals surface area contributed by atoms with E-state index >= 15 is 0 Å². The number of benzene rings is 1. The Morgan fingerprint density at radius 1 is 1.46 bits per heavy atom. The average Bonchev–Trinajstić information content (AvgIpc) is 2.04. The Kier molecular flexibility index (Phi) is 3.34. The summed E-state index contributed by atoms with van der Waals surface area (Å²) in [5, 5.41) is 0.736. The highest BCUT2D eigenvalue weighted by Crippen LogP contribution is 2.21. The van der Waals surface area contributed by atoms with Crippen LogP contribution in [0.25, 0.3) is 0 Å². The average molecular weight is 217 g/mol. The molecule has 0 amide bonds. The minimum Gasteiger partial charge on any atom is -0.431 e. The molecular weight excluding hydrogens is 211 g/mol. The smallest absolute Gasteiger partial charge is 0.344 e. The zero-order valence-corrected chi connectivity index (χ0v) is 8.10. The predicted molar refractivity (Wildman–Crippen MR) is 52.1 cm³/mol. The first-order chi connectivity index (χ1) is 6.15. The van der Waals surface area contributed by atoms with Crippen LogP contribution in [0.2, 0.25) is 10.0 Å². The molecular formula is C9H6Cl2O2. The fourth-order valence-electron chi connectivity index (χ4n) is 0.794. The third kappa shape index (κ3) is 2.47. The Morgan fingerprint density at radius 3 is 2.69 bits per heavy atom. The van der Waals surface area contributed by atoms with Crippen molar-refractivity contribution in [2.75, 3.05) is 0 Å². The van der Waals surface area contributed by atoms with Gasteiger partial charge in [0.15, 0.2) is 0 Å². The number of halogens is 2. The van der Waals surface area contributed by atoms with Crippen molar-refractivity contribution in [3.05, 3.63) is 46.6 Å². The maximum atomic E-state index is 11.2. The van der Waals surface area contributed by atoms with Crippen LogP contribution in [0.3, 0.4) is 0 Å². The minimum atomic E-state index is -0.545. The Bertz CT molecular complexity index is 347. The molecule has 0 radical (unpaired) electrons. The summed E-state index contributed by atoms with van der Waals surface area (Å²) in [6.45, 7) is 3.26. The van der Waals surface area contributed by atoms with Gasteiger partial charge in [0.05, 0.1) is 16.8 Å². The van der Waals surface area contributed by atoms with Gasteiger partial charge in [-0.25, -0.2) is 4.79 Å². The second-order valence-corrected chi connectivity index (χ2v) is 3.04. The van der Waals surface area contributed by atoms with Crippen LogP contribution in [0.4, 0.5) is 0 Å². The van der Waals surface area contributed by atoms with Gasteiger partial charge in [-0.05, 0) is 18.2 Å². The maximum absolute atomic E-state index is 11.2. The van der Waals surface area contributed by atoms with Gasteiger partial charge in [-0.15, -0.1) is 0 Å². The molecule has 1 aromatic carbocycles. The molecule has 0 saturated carbocycles. The van der Waals surface area contributed by atoms with Crippen molar-refractivity contribution in [3.63, 3.8) is 0 Å². The van der Waals surface area contributed by atoms with Crippen molar-refractivity contribution in [1.29, 1.82) is 0 Å². The number of carbonyl (C=O) groups is 1. The molecule has 0 bridgehead atoms. The first-order valence-corrected chi connectivity index (χ1v) is 4.17. The van der Waals surface area contributed by atoms with Crippen LogP contribution in [0.1, 0.15) is 10.4 Å². The fourth-order valence-corrected chi connectivity index (χ4v) is 1.28. The van der Waals surface area contributed by atoms with E-state index in [4.69, 9.17) is 23.2 Å². The zero-order valence-electron chi connectivity index (χ0n) is 6.59. The van der Waals surface area contributed by atoms with Gasteiger partial charge < -0.3 is 4.74 Å². The van der Waals surface area contributed by atoms with Crippen LogP contribution in [0.15, 0.2) is 31.0 Å². The summed E-state index contributed by atoms with van der Waals surface area (Å²) in [6, 6.07) is 4.53. The molecule has 0 aliphatic heterocycles. The van der Waals surface area contributed by atoms with E-state index in [0.717, 1.165) is 6.26 Å². The monoisotopic (exact) mass is 216 g/mol. The number of hydrogen-bond donors (Lipinski definition) is 0. The summed E-state index contributed by atoms with van der Waals surface area (Å²) in [5.41, 5.74) is 0.269. The molecule has 0 fully saturated rings. The first kappa shape index (κ1) is 10.1. The highest BCUT2D eigenvalue weighted by Gasteiger charge is 2.10. The summed E-state index contributed by atoms with van der Waals surface area (Å²) in [5.74, 6) is -0.545. The van der Waals surface area contributed by atoms with Crippen LogP contribution in [-0.2, 0) is 4.74 Å². The molecule has 0 atom stereocenters. The molecule has 1 rings (SSSR count). The van der Waals surface area contributed by atoms with Crippen molar-refractivity contribution in [2.24, 2.45) is 0 Å². The van der Waals surface area contributed by atoms with E-state index in [2.05, 4.69) is 11.3 Å². The highest BCUT2D eigenvalue weighted by atomic mass is 35.5. The van der Waals surface area contributed by atoms with Crippen LogP contribution in [0, 0.1) is 0 Å². The lowest BCUT2D eigenvalue weighted by atomic mass is 10.2. The molecule has 0 aliphatic rings. The molecule has 0 aliphatic carbocycles. The fraction of sp³-hybridized carbons (Fsp3) is 0. The van der Waals surface area contributed by atoms with Crippen LogP contribution in [-0.4, -0.2) is 5.97 Å². The number of hydrogen-bond acceptors (Lipinski definition) is 2. The Labute approximate surface area is 85.7 Å². The van der Waals surface area contributed by atoms with Gasteiger partial charge in [0.1, 0.15) is 0 Å². The molecule has 1 aromatic rings. The summed E-state index contributed by atoms with van der Waals surface area (Å²) in [7, 11) is 0. The Balaban J connectivity index is 3.01. The third-order valence-corrected chi connectivity index (χ3v) is 1.89. The summed E-state index contributed by atoms with van der Waals surface area (Å²) >= 11 is 11.4. The number of rotatable bonds is 2. The van der Waals surface area contributed by atoms with Crippen LogP contribution >= 0.6 is 23.2 Å². The van der Waals surface area contributed by atoms with E-state index in [1.54, 1.807) is 6.07 Å². The van der Waals surface area contributed by atoms with Gasteiger partial charge in [0.2, 0.25) is 0 Å². The topological polar surface area (TPSA) is 26.3 Å². The molecule has 68 valence electrons. The lowest BCUT2D eigenvalue weighted by Gasteiger charge is -2.01. The van der Waals surface area contributed by atoms with Crippen molar-refractivity contribution in [2.45, 2.75) is 0 Å². The van der Waals surface area contributed by atoms with E-state index in [1.165, 1.54) is 12.1 Å². The summed E-state index contributed by atoms with van der Waals surface area (Å²) in [4.78, 5) is 11.2. The van der Waals surface area contributed by atoms with Crippen molar-refractivity contribution >= 4 is 29.2 Å². The quantitative estimate of drug-likeness (QED) is 0.561. The van der Waals surface area contributed by atoms with Gasteiger partial charge >= 0.3 is 5.97 Å². The van der Waals surface area contributed by atoms with Gasteiger partial charge in [0, 0.05) is 5.02 Å². The molecule has 0 spiro atoms. The SMILES string of the molecule is C=COC(=O)c1ccc(Cl)cc1Cl. The molecule has 0 aromatic heterocycles. The van der Waals surface area contributed by atoms with E-state index in [0.29, 0.717) is 5.02 Å². The second kappa shape index (κ2) is 4.30. The molecule has 0 heterocycles. The van der Waals surface area contributed by atoms with Gasteiger partial charge in [-0.1, -0.05) is 29.8 Å². The largest absolute Gasteiger partial charge is 0.431 e. The first-order valence-electron chi connectivity index (χ1n) is 3.42. The molecule has 4 heteroatoms. The molecule has 13 heavy (non-hydrogen) atoms. The Hall–Kier alpha value is -0.990. The van der Waals surface area contributed by atoms with Gasteiger partial charge in [-0.3, -0.25) is 0 Å². The number of carbonyl (C=O) groups excluding carboxylic acids is 1.